The van der Waals surface area contributed by atoms with E-state index in [0.29, 0.717) is 19.1 Å². The molecule has 30 heavy (non-hydrogen) atoms. The first-order valence-electron chi connectivity index (χ1n) is 10.7. The number of rotatable bonds is 6. The van der Waals surface area contributed by atoms with Gasteiger partial charge in [-0.05, 0) is 31.9 Å². The number of hydrogen-bond acceptors (Lipinski definition) is 4. The van der Waals surface area contributed by atoms with Gasteiger partial charge in [0.1, 0.15) is 5.75 Å². The Morgan fingerprint density at radius 3 is 2.87 bits per heavy atom. The number of nitrogens with zero attached hydrogens (tertiary/aromatic N) is 4. The molecule has 7 nitrogen and oxygen atoms in total. The van der Waals surface area contributed by atoms with Crippen LogP contribution in [-0.2, 0) is 4.79 Å². The smallest absolute Gasteiger partial charge is 0.265 e. The number of ether oxygens (including phenoxy) is 1. The number of halogens is 1. The zero-order valence-electron chi connectivity index (χ0n) is 17.6. The number of para-hydroxylation sites is 2. The summed E-state index contributed by atoms with van der Waals surface area (Å²) in [7, 11) is 0. The summed E-state index contributed by atoms with van der Waals surface area (Å²) in [6.45, 7) is 8.65. The van der Waals surface area contributed by atoms with Crippen molar-refractivity contribution >= 4 is 41.5 Å². The Kier molecular flexibility index (Phi) is 8.38. The molecule has 164 valence electrons. The molecule has 1 saturated heterocycles. The van der Waals surface area contributed by atoms with E-state index in [9.17, 15) is 4.79 Å². The van der Waals surface area contributed by atoms with Crippen molar-refractivity contribution in [2.75, 3.05) is 57.3 Å². The highest BCUT2D eigenvalue weighted by Gasteiger charge is 2.29. The number of benzene rings is 1. The molecule has 8 heteroatoms. The molecular formula is C22H32IN5O2. The number of nitrogens with one attached hydrogen (secondary N) is 1. The van der Waals surface area contributed by atoms with Gasteiger partial charge in [0.15, 0.2) is 12.6 Å². The first-order chi connectivity index (χ1) is 14.3. The number of fused-ring (bicyclic) bond motifs is 1. The highest BCUT2D eigenvalue weighted by Crippen LogP contribution is 2.31. The molecule has 3 heterocycles. The number of carbonyl (C=O) groups is 1. The van der Waals surface area contributed by atoms with Crippen molar-refractivity contribution in [3.05, 3.63) is 36.4 Å². The van der Waals surface area contributed by atoms with Crippen molar-refractivity contribution < 1.29 is 9.53 Å². The Labute approximate surface area is 196 Å². The number of guanidine groups is 1. The Morgan fingerprint density at radius 2 is 2.07 bits per heavy atom. The van der Waals surface area contributed by atoms with E-state index >= 15 is 0 Å². The van der Waals surface area contributed by atoms with Crippen LogP contribution in [0.3, 0.4) is 0 Å². The normalized spacial score (nSPS) is 21.4. The van der Waals surface area contributed by atoms with Crippen LogP contribution in [0.15, 0.2) is 41.4 Å². The van der Waals surface area contributed by atoms with Crippen LogP contribution in [0.5, 0.6) is 5.75 Å². The molecule has 4 rings (SSSR count). The third-order valence-corrected chi connectivity index (χ3v) is 5.77. The Bertz CT molecular complexity index is 777. The van der Waals surface area contributed by atoms with Crippen LogP contribution < -0.4 is 15.0 Å². The van der Waals surface area contributed by atoms with Crippen LogP contribution in [-0.4, -0.2) is 80.1 Å². The average Bonchev–Trinajstić information content (AvgIpc) is 3.43. The van der Waals surface area contributed by atoms with Crippen LogP contribution >= 0.6 is 24.0 Å². The second-order valence-corrected chi connectivity index (χ2v) is 7.70. The molecule has 0 bridgehead atoms. The van der Waals surface area contributed by atoms with Crippen molar-refractivity contribution in [1.82, 2.24) is 15.1 Å². The summed E-state index contributed by atoms with van der Waals surface area (Å²) >= 11 is 0. The fraction of sp³-hybridized carbons (Fsp3) is 0.545. The van der Waals surface area contributed by atoms with Crippen LogP contribution in [0.4, 0.5) is 5.69 Å². The first kappa shape index (κ1) is 22.9. The predicted molar refractivity (Wildman–Crippen MR) is 131 cm³/mol. The number of amides is 1. The summed E-state index contributed by atoms with van der Waals surface area (Å²) in [5, 5.41) is 3.44. The van der Waals surface area contributed by atoms with E-state index in [-0.39, 0.29) is 36.5 Å². The van der Waals surface area contributed by atoms with Gasteiger partial charge in [0.05, 0.1) is 5.69 Å². The van der Waals surface area contributed by atoms with Gasteiger partial charge in [0, 0.05) is 51.9 Å². The molecule has 0 radical (unpaired) electrons. The number of carbonyl (C=O) groups excluding carboxylic acids is 1. The Morgan fingerprint density at radius 1 is 1.27 bits per heavy atom. The lowest BCUT2D eigenvalue weighted by Crippen LogP contribution is -2.43. The second-order valence-electron chi connectivity index (χ2n) is 7.70. The summed E-state index contributed by atoms with van der Waals surface area (Å²) in [6.07, 6.45) is 6.52. The third kappa shape index (κ3) is 5.26. The summed E-state index contributed by atoms with van der Waals surface area (Å²) in [5.41, 5.74) is 0.862. The SMILES string of the molecule is CCNC(=NCCCN1C(=O)COc2ccccc21)N1CCC(N2CC=CC2)C1.I. The summed E-state index contributed by atoms with van der Waals surface area (Å²) in [5.74, 6) is 1.79. The van der Waals surface area contributed by atoms with Gasteiger partial charge in [-0.2, -0.15) is 0 Å². The van der Waals surface area contributed by atoms with Gasteiger partial charge in [-0.1, -0.05) is 24.3 Å². The van der Waals surface area contributed by atoms with Crippen LogP contribution in [0.1, 0.15) is 19.8 Å². The summed E-state index contributed by atoms with van der Waals surface area (Å²) in [4.78, 5) is 23.9. The van der Waals surface area contributed by atoms with Crippen molar-refractivity contribution in [3.63, 3.8) is 0 Å². The Hall–Kier alpha value is -1.81. The van der Waals surface area contributed by atoms with Gasteiger partial charge in [0.2, 0.25) is 0 Å². The first-order valence-corrected chi connectivity index (χ1v) is 10.7. The van der Waals surface area contributed by atoms with Gasteiger partial charge in [0.25, 0.3) is 5.91 Å². The van der Waals surface area contributed by atoms with E-state index in [2.05, 4.69) is 34.2 Å². The lowest BCUT2D eigenvalue weighted by molar-refractivity contribution is -0.121. The number of aliphatic imine (C=N–C) groups is 1. The molecule has 1 atom stereocenters. The van der Waals surface area contributed by atoms with Crippen LogP contribution in [0.2, 0.25) is 0 Å². The second kappa shape index (κ2) is 11.0. The third-order valence-electron chi connectivity index (χ3n) is 5.77. The molecule has 1 unspecified atom stereocenters. The van der Waals surface area contributed by atoms with Crippen molar-refractivity contribution in [2.24, 2.45) is 4.99 Å². The van der Waals surface area contributed by atoms with Gasteiger partial charge < -0.3 is 19.9 Å². The molecule has 0 spiro atoms. The van der Waals surface area contributed by atoms with E-state index in [1.807, 2.05) is 29.2 Å². The van der Waals surface area contributed by atoms with E-state index < -0.39 is 0 Å². The van der Waals surface area contributed by atoms with Crippen molar-refractivity contribution in [1.29, 1.82) is 0 Å². The highest BCUT2D eigenvalue weighted by atomic mass is 127. The van der Waals surface area contributed by atoms with Gasteiger partial charge in [-0.3, -0.25) is 14.7 Å². The van der Waals surface area contributed by atoms with Crippen LogP contribution in [0, 0.1) is 0 Å². The maximum Gasteiger partial charge on any atom is 0.265 e. The molecule has 0 aromatic heterocycles. The molecule has 1 aromatic rings. The Balaban J connectivity index is 0.00000256. The van der Waals surface area contributed by atoms with Gasteiger partial charge in [-0.25, -0.2) is 0 Å². The minimum atomic E-state index is 0. The van der Waals surface area contributed by atoms with Gasteiger partial charge >= 0.3 is 0 Å². The molecule has 1 aromatic carbocycles. The molecule has 3 aliphatic rings. The van der Waals surface area contributed by atoms with E-state index in [1.165, 1.54) is 6.42 Å². The monoisotopic (exact) mass is 525 g/mol. The van der Waals surface area contributed by atoms with Gasteiger partial charge in [-0.15, -0.1) is 24.0 Å². The standard InChI is InChI=1S/C22H31N5O2.HI/c1-2-23-22(26-15-10-18(16-26)25-12-5-6-13-25)24-11-7-14-27-19-8-3-4-9-20(19)29-17-21(27)28;/h3-6,8-9,18H,2,7,10-17H2,1H3,(H,23,24);1H. The molecule has 1 amide bonds. The van der Waals surface area contributed by atoms with E-state index in [4.69, 9.17) is 9.73 Å². The molecule has 1 N–H and O–H groups in total. The molecule has 0 saturated carbocycles. The largest absolute Gasteiger partial charge is 0.482 e. The predicted octanol–water partition coefficient (Wildman–Crippen LogP) is 2.33. The number of likely N-dealkylation sites (tertiary alicyclic amines) is 1. The molecular weight excluding hydrogens is 493 g/mol. The minimum Gasteiger partial charge on any atom is -0.482 e. The van der Waals surface area contributed by atoms with Crippen molar-refractivity contribution in [2.45, 2.75) is 25.8 Å². The topological polar surface area (TPSA) is 60.4 Å². The fourth-order valence-electron chi connectivity index (χ4n) is 4.26. The lowest BCUT2D eigenvalue weighted by atomic mass is 10.2. The minimum absolute atomic E-state index is 0. The van der Waals surface area contributed by atoms with E-state index in [0.717, 1.165) is 56.5 Å². The molecule has 3 aliphatic heterocycles. The van der Waals surface area contributed by atoms with Crippen molar-refractivity contribution in [3.8, 4) is 5.75 Å². The van der Waals surface area contributed by atoms with Crippen LogP contribution in [0.25, 0.3) is 0 Å². The number of anilines is 1. The number of hydrogen-bond donors (Lipinski definition) is 1. The average molecular weight is 525 g/mol. The molecule has 0 aliphatic carbocycles. The summed E-state index contributed by atoms with van der Waals surface area (Å²) in [6, 6.07) is 8.33. The summed E-state index contributed by atoms with van der Waals surface area (Å²) < 4.78 is 5.52. The highest BCUT2D eigenvalue weighted by molar-refractivity contribution is 14.0. The zero-order valence-corrected chi connectivity index (χ0v) is 20.0. The lowest BCUT2D eigenvalue weighted by Gasteiger charge is -2.29. The maximum absolute atomic E-state index is 12.3. The quantitative estimate of drug-likeness (QED) is 0.203. The fourth-order valence-corrected chi connectivity index (χ4v) is 4.26. The maximum atomic E-state index is 12.3. The van der Waals surface area contributed by atoms with E-state index in [1.54, 1.807) is 0 Å². The molecule has 1 fully saturated rings. The zero-order chi connectivity index (χ0) is 20.1.